The maximum atomic E-state index is 4.82. The molecule has 0 bridgehead atoms. The van der Waals surface area contributed by atoms with Crippen LogP contribution >= 0.6 is 11.3 Å². The lowest BCUT2D eigenvalue weighted by atomic mass is 10.1. The van der Waals surface area contributed by atoms with Crippen LogP contribution in [0, 0.1) is 0 Å². The van der Waals surface area contributed by atoms with Crippen molar-refractivity contribution in [3.8, 4) is 0 Å². The quantitative estimate of drug-likeness (QED) is 0.698. The number of aliphatic imine (C=N–C) groups is 2. The molecular weight excluding hydrogens is 314 g/mol. The second-order valence-electron chi connectivity index (χ2n) is 5.57. The van der Waals surface area contributed by atoms with Crippen molar-refractivity contribution in [3.63, 3.8) is 0 Å². The van der Waals surface area contributed by atoms with Crippen LogP contribution < -0.4 is 5.32 Å². The van der Waals surface area contributed by atoms with Crippen molar-refractivity contribution in [2.45, 2.75) is 13.3 Å². The van der Waals surface area contributed by atoms with Gasteiger partial charge in [0.05, 0.1) is 16.3 Å². The normalized spacial score (nSPS) is 13.4. The number of amidine groups is 2. The van der Waals surface area contributed by atoms with Gasteiger partial charge in [-0.2, -0.15) is 0 Å². The van der Waals surface area contributed by atoms with Crippen LogP contribution in [0.1, 0.15) is 22.9 Å². The summed E-state index contributed by atoms with van der Waals surface area (Å²) < 4.78 is 0. The minimum absolute atomic E-state index is 0.749. The highest BCUT2D eigenvalue weighted by molar-refractivity contribution is 7.12. The second-order valence-corrected chi connectivity index (χ2v) is 6.52. The lowest BCUT2D eigenvalue weighted by Gasteiger charge is -2.10. The molecule has 3 nitrogen and oxygen atoms in total. The van der Waals surface area contributed by atoms with Crippen LogP contribution in [-0.4, -0.2) is 11.7 Å². The third-order valence-corrected chi connectivity index (χ3v) is 4.82. The summed E-state index contributed by atoms with van der Waals surface area (Å²) >= 11 is 1.65. The summed E-state index contributed by atoms with van der Waals surface area (Å²) in [6.45, 7) is 2.16. The van der Waals surface area contributed by atoms with E-state index in [4.69, 9.17) is 9.98 Å². The molecule has 2 heterocycles. The smallest absolute Gasteiger partial charge is 0.172 e. The number of nitrogens with zero attached hydrogens (tertiary/aromatic N) is 2. The van der Waals surface area contributed by atoms with Crippen LogP contribution in [0.4, 0.5) is 11.4 Å². The molecular formula is C20H17N3S. The van der Waals surface area contributed by atoms with Crippen LogP contribution in [0.25, 0.3) is 0 Å². The lowest BCUT2D eigenvalue weighted by molar-refractivity contribution is 1.14. The van der Waals surface area contributed by atoms with Gasteiger partial charge in [0.2, 0.25) is 0 Å². The minimum atomic E-state index is 0.749. The topological polar surface area (TPSA) is 36.8 Å². The Kier molecular flexibility index (Phi) is 3.97. The van der Waals surface area contributed by atoms with Gasteiger partial charge in [-0.05, 0) is 35.6 Å². The van der Waals surface area contributed by atoms with E-state index in [-0.39, 0.29) is 0 Å². The SMILES string of the molecule is CCc1ccc2c(c1)NC(c1ccccc1)=NC(c1cccs1)=N2. The zero-order valence-corrected chi connectivity index (χ0v) is 14.2. The molecule has 1 aromatic heterocycles. The molecule has 4 rings (SSSR count). The Morgan fingerprint density at radius 1 is 0.958 bits per heavy atom. The molecule has 0 fully saturated rings. The monoisotopic (exact) mass is 331 g/mol. The lowest BCUT2D eigenvalue weighted by Crippen LogP contribution is -2.14. The van der Waals surface area contributed by atoms with E-state index in [0.717, 1.165) is 39.9 Å². The molecule has 0 saturated carbocycles. The van der Waals surface area contributed by atoms with Crippen LogP contribution in [0.15, 0.2) is 76.0 Å². The molecule has 1 aliphatic heterocycles. The maximum absolute atomic E-state index is 4.82. The number of nitrogens with one attached hydrogen (secondary N) is 1. The van der Waals surface area contributed by atoms with Gasteiger partial charge in [-0.25, -0.2) is 9.98 Å². The van der Waals surface area contributed by atoms with E-state index in [1.54, 1.807) is 11.3 Å². The Labute approximate surface area is 145 Å². The Bertz CT molecular complexity index is 909. The predicted octanol–water partition coefficient (Wildman–Crippen LogP) is 5.26. The molecule has 1 aliphatic rings. The summed E-state index contributed by atoms with van der Waals surface area (Å²) in [4.78, 5) is 10.7. The Hall–Kier alpha value is -2.72. The van der Waals surface area contributed by atoms with Gasteiger partial charge in [-0.15, -0.1) is 11.3 Å². The van der Waals surface area contributed by atoms with Gasteiger partial charge >= 0.3 is 0 Å². The number of thiophene rings is 1. The molecule has 0 unspecified atom stereocenters. The summed E-state index contributed by atoms with van der Waals surface area (Å²) in [6.07, 6.45) is 0.994. The van der Waals surface area contributed by atoms with E-state index < -0.39 is 0 Å². The van der Waals surface area contributed by atoms with E-state index in [0.29, 0.717) is 0 Å². The van der Waals surface area contributed by atoms with Gasteiger partial charge in [-0.3, -0.25) is 0 Å². The number of fused-ring (bicyclic) bond motifs is 1. The zero-order valence-electron chi connectivity index (χ0n) is 13.4. The molecule has 0 aliphatic carbocycles. The predicted molar refractivity (Wildman–Crippen MR) is 103 cm³/mol. The van der Waals surface area contributed by atoms with Crippen LogP contribution in [0.5, 0.6) is 0 Å². The van der Waals surface area contributed by atoms with Crippen molar-refractivity contribution in [1.29, 1.82) is 0 Å². The molecule has 1 N–H and O–H groups in total. The molecule has 118 valence electrons. The van der Waals surface area contributed by atoms with Gasteiger partial charge in [0.25, 0.3) is 0 Å². The largest absolute Gasteiger partial charge is 0.338 e. The van der Waals surface area contributed by atoms with Crippen molar-refractivity contribution < 1.29 is 0 Å². The standard InChI is InChI=1S/C20H17N3S/c1-2-14-10-11-16-17(13-14)22-19(15-7-4-3-5-8-15)23-20(21-16)18-9-6-12-24-18/h3-13H,2H2,1H3,(H,21,22,23). The van der Waals surface area contributed by atoms with Gasteiger partial charge in [0.1, 0.15) is 5.84 Å². The number of anilines is 1. The maximum Gasteiger partial charge on any atom is 0.172 e. The van der Waals surface area contributed by atoms with Crippen molar-refractivity contribution in [3.05, 3.63) is 82.0 Å². The molecule has 0 atom stereocenters. The molecule has 24 heavy (non-hydrogen) atoms. The molecule has 0 radical (unpaired) electrons. The molecule has 3 aromatic rings. The van der Waals surface area contributed by atoms with Crippen LogP contribution in [-0.2, 0) is 6.42 Å². The third-order valence-electron chi connectivity index (χ3n) is 3.96. The molecule has 0 amide bonds. The Morgan fingerprint density at radius 3 is 2.58 bits per heavy atom. The average Bonchev–Trinajstić information content (AvgIpc) is 3.10. The highest BCUT2D eigenvalue weighted by Crippen LogP contribution is 2.31. The third kappa shape index (κ3) is 2.88. The van der Waals surface area contributed by atoms with Crippen molar-refractivity contribution >= 4 is 34.4 Å². The Morgan fingerprint density at radius 2 is 1.83 bits per heavy atom. The number of benzene rings is 2. The summed E-state index contributed by atoms with van der Waals surface area (Å²) in [7, 11) is 0. The first-order chi connectivity index (χ1) is 11.8. The fraction of sp³-hybridized carbons (Fsp3) is 0.100. The van der Waals surface area contributed by atoms with E-state index >= 15 is 0 Å². The van der Waals surface area contributed by atoms with Crippen molar-refractivity contribution in [2.75, 3.05) is 5.32 Å². The van der Waals surface area contributed by atoms with E-state index in [1.165, 1.54) is 5.56 Å². The number of rotatable bonds is 3. The number of hydrogen-bond donors (Lipinski definition) is 1. The van der Waals surface area contributed by atoms with E-state index in [9.17, 15) is 0 Å². The van der Waals surface area contributed by atoms with Gasteiger partial charge in [0.15, 0.2) is 5.84 Å². The summed E-state index contributed by atoms with van der Waals surface area (Å²) in [5.41, 5.74) is 4.26. The second kappa shape index (κ2) is 6.42. The van der Waals surface area contributed by atoms with E-state index in [1.807, 2.05) is 24.3 Å². The first kappa shape index (κ1) is 14.8. The summed E-state index contributed by atoms with van der Waals surface area (Å²) in [5.74, 6) is 1.58. The highest BCUT2D eigenvalue weighted by atomic mass is 32.1. The highest BCUT2D eigenvalue weighted by Gasteiger charge is 2.16. The molecule has 2 aromatic carbocycles. The van der Waals surface area contributed by atoms with Gasteiger partial charge in [-0.1, -0.05) is 49.4 Å². The van der Waals surface area contributed by atoms with Crippen LogP contribution in [0.2, 0.25) is 0 Å². The first-order valence-electron chi connectivity index (χ1n) is 8.00. The van der Waals surface area contributed by atoms with Crippen LogP contribution in [0.3, 0.4) is 0 Å². The fourth-order valence-electron chi connectivity index (χ4n) is 2.65. The fourth-order valence-corrected chi connectivity index (χ4v) is 3.31. The summed E-state index contributed by atoms with van der Waals surface area (Å²) in [5, 5.41) is 5.53. The first-order valence-corrected chi connectivity index (χ1v) is 8.88. The Balaban J connectivity index is 1.88. The molecule has 4 heteroatoms. The van der Waals surface area contributed by atoms with Gasteiger partial charge in [0, 0.05) is 5.56 Å². The molecule has 0 saturated heterocycles. The van der Waals surface area contributed by atoms with Crippen molar-refractivity contribution in [1.82, 2.24) is 0 Å². The number of hydrogen-bond acceptors (Lipinski definition) is 4. The van der Waals surface area contributed by atoms with E-state index in [2.05, 4.69) is 54.0 Å². The number of aryl methyl sites for hydroxylation is 1. The zero-order chi connectivity index (χ0) is 16.4. The van der Waals surface area contributed by atoms with Gasteiger partial charge < -0.3 is 5.32 Å². The van der Waals surface area contributed by atoms with Crippen molar-refractivity contribution in [2.24, 2.45) is 9.98 Å². The molecule has 0 spiro atoms. The average molecular weight is 331 g/mol. The summed E-state index contributed by atoms with van der Waals surface area (Å²) in [6, 6.07) is 20.6. The minimum Gasteiger partial charge on any atom is -0.338 e.